The van der Waals surface area contributed by atoms with Crippen LogP contribution in [0.1, 0.15) is 31.1 Å². The molecule has 0 amide bonds. The molecule has 120 valence electrons. The van der Waals surface area contributed by atoms with Gasteiger partial charge in [-0.05, 0) is 32.9 Å². The Morgan fingerprint density at radius 3 is 2.36 bits per heavy atom. The monoisotopic (exact) mass is 305 g/mol. The second-order valence-electron chi connectivity index (χ2n) is 5.89. The zero-order chi connectivity index (χ0) is 16.4. The molecule has 0 N–H and O–H groups in total. The first-order valence-corrected chi connectivity index (χ1v) is 7.35. The zero-order valence-corrected chi connectivity index (χ0v) is 13.8. The van der Waals surface area contributed by atoms with Crippen LogP contribution < -0.4 is 11.2 Å². The van der Waals surface area contributed by atoms with E-state index in [0.29, 0.717) is 18.8 Å². The largest absolute Gasteiger partial charge is 0.465 e. The van der Waals surface area contributed by atoms with Crippen molar-refractivity contribution in [3.05, 3.63) is 56.3 Å². The molecule has 2 heterocycles. The lowest BCUT2D eigenvalue weighted by molar-refractivity contribution is 0.182. The summed E-state index contributed by atoms with van der Waals surface area (Å²) in [5.41, 5.74) is 0.112. The molecule has 0 fully saturated rings. The lowest BCUT2D eigenvalue weighted by atomic mass is 10.2. The number of nitrogens with zero attached hydrogens (tertiary/aromatic N) is 3. The normalized spacial score (nSPS) is 11.6. The number of hydrogen-bond acceptors (Lipinski definition) is 4. The van der Waals surface area contributed by atoms with Gasteiger partial charge in [-0.15, -0.1) is 0 Å². The van der Waals surface area contributed by atoms with Gasteiger partial charge in [0.2, 0.25) is 0 Å². The van der Waals surface area contributed by atoms with Crippen LogP contribution in [-0.4, -0.2) is 20.1 Å². The van der Waals surface area contributed by atoms with Crippen LogP contribution in [0.3, 0.4) is 0 Å². The molecule has 0 radical (unpaired) electrons. The van der Waals surface area contributed by atoms with Gasteiger partial charge in [-0.1, -0.05) is 0 Å². The molecule has 6 nitrogen and oxygen atoms in total. The number of aromatic nitrogens is 2. The Labute approximate surface area is 129 Å². The maximum atomic E-state index is 12.0. The molecular formula is C16H23N3O3. The van der Waals surface area contributed by atoms with Gasteiger partial charge in [-0.25, -0.2) is 4.79 Å². The van der Waals surface area contributed by atoms with Gasteiger partial charge in [0.1, 0.15) is 11.5 Å². The van der Waals surface area contributed by atoms with Gasteiger partial charge in [0.05, 0.1) is 6.54 Å². The number of hydrogen-bond donors (Lipinski definition) is 0. The van der Waals surface area contributed by atoms with E-state index < -0.39 is 0 Å². The van der Waals surface area contributed by atoms with Crippen molar-refractivity contribution in [3.8, 4) is 0 Å². The van der Waals surface area contributed by atoms with E-state index in [1.54, 1.807) is 7.05 Å². The van der Waals surface area contributed by atoms with Gasteiger partial charge in [-0.3, -0.25) is 18.8 Å². The van der Waals surface area contributed by atoms with Crippen LogP contribution in [0, 0.1) is 6.92 Å². The standard InChI is InChI=1S/C16H23N3O3/c1-11(2)19(10-14-7-6-12(3)22-14)9-13-8-15(20)18(5)16(21)17(13)4/h6-8,11H,9-10H2,1-5H3. The van der Waals surface area contributed by atoms with Crippen LogP contribution in [0.4, 0.5) is 0 Å². The van der Waals surface area contributed by atoms with Gasteiger partial charge < -0.3 is 4.42 Å². The lowest BCUT2D eigenvalue weighted by Gasteiger charge is -2.26. The molecule has 0 aromatic carbocycles. The first-order chi connectivity index (χ1) is 10.3. The van der Waals surface area contributed by atoms with Gasteiger partial charge in [0, 0.05) is 38.4 Å². The maximum absolute atomic E-state index is 12.0. The topological polar surface area (TPSA) is 60.4 Å². The van der Waals surface area contributed by atoms with Crippen molar-refractivity contribution in [1.29, 1.82) is 0 Å². The Balaban J connectivity index is 2.29. The fraction of sp³-hybridized carbons (Fsp3) is 0.500. The minimum Gasteiger partial charge on any atom is -0.465 e. The highest BCUT2D eigenvalue weighted by atomic mass is 16.3. The van der Waals surface area contributed by atoms with Crippen LogP contribution in [-0.2, 0) is 27.2 Å². The van der Waals surface area contributed by atoms with E-state index in [9.17, 15) is 9.59 Å². The third kappa shape index (κ3) is 3.39. The Kier molecular flexibility index (Phi) is 4.71. The summed E-state index contributed by atoms with van der Waals surface area (Å²) in [7, 11) is 3.17. The quantitative estimate of drug-likeness (QED) is 0.837. The fourth-order valence-electron chi connectivity index (χ4n) is 2.33. The first-order valence-electron chi connectivity index (χ1n) is 7.35. The summed E-state index contributed by atoms with van der Waals surface area (Å²) in [4.78, 5) is 26.0. The predicted molar refractivity (Wildman–Crippen MR) is 84.8 cm³/mol. The molecule has 0 aliphatic carbocycles. The molecule has 2 rings (SSSR count). The van der Waals surface area contributed by atoms with Crippen molar-refractivity contribution < 1.29 is 4.42 Å². The van der Waals surface area contributed by atoms with E-state index >= 15 is 0 Å². The average molecular weight is 305 g/mol. The van der Waals surface area contributed by atoms with Crippen molar-refractivity contribution in [2.24, 2.45) is 14.1 Å². The van der Waals surface area contributed by atoms with Crippen molar-refractivity contribution in [2.75, 3.05) is 0 Å². The molecule has 0 saturated carbocycles. The highest BCUT2D eigenvalue weighted by Gasteiger charge is 2.16. The summed E-state index contributed by atoms with van der Waals surface area (Å²) >= 11 is 0. The molecular weight excluding hydrogens is 282 g/mol. The predicted octanol–water partition coefficient (Wildman–Crippen LogP) is 1.40. The Morgan fingerprint density at radius 1 is 1.14 bits per heavy atom. The number of rotatable bonds is 5. The molecule has 0 aliphatic heterocycles. The van der Waals surface area contributed by atoms with Crippen molar-refractivity contribution in [3.63, 3.8) is 0 Å². The smallest absolute Gasteiger partial charge is 0.330 e. The first kappa shape index (κ1) is 16.3. The van der Waals surface area contributed by atoms with Crippen LogP contribution in [0.15, 0.2) is 32.2 Å². The minimum atomic E-state index is -0.306. The van der Waals surface area contributed by atoms with E-state index in [-0.39, 0.29) is 17.3 Å². The third-order valence-electron chi connectivity index (χ3n) is 3.88. The molecule has 0 unspecified atom stereocenters. The van der Waals surface area contributed by atoms with Gasteiger partial charge >= 0.3 is 5.69 Å². The van der Waals surface area contributed by atoms with E-state index in [1.165, 1.54) is 17.7 Å². The summed E-state index contributed by atoms with van der Waals surface area (Å²) < 4.78 is 8.25. The van der Waals surface area contributed by atoms with Crippen molar-refractivity contribution in [1.82, 2.24) is 14.0 Å². The third-order valence-corrected chi connectivity index (χ3v) is 3.88. The van der Waals surface area contributed by atoms with E-state index in [0.717, 1.165) is 16.1 Å². The highest BCUT2D eigenvalue weighted by Crippen LogP contribution is 2.14. The van der Waals surface area contributed by atoms with Gasteiger partial charge in [0.25, 0.3) is 5.56 Å². The SMILES string of the molecule is Cc1ccc(CN(Cc2cc(=O)n(C)c(=O)n2C)C(C)C)o1. The van der Waals surface area contributed by atoms with Gasteiger partial charge in [-0.2, -0.15) is 0 Å². The van der Waals surface area contributed by atoms with Crippen LogP contribution >= 0.6 is 0 Å². The summed E-state index contributed by atoms with van der Waals surface area (Å²) in [6.45, 7) is 7.21. The van der Waals surface area contributed by atoms with Crippen LogP contribution in [0.2, 0.25) is 0 Å². The molecule has 2 aromatic heterocycles. The van der Waals surface area contributed by atoms with Crippen molar-refractivity contribution in [2.45, 2.75) is 39.9 Å². The molecule has 6 heteroatoms. The summed E-state index contributed by atoms with van der Waals surface area (Å²) in [5, 5.41) is 0. The van der Waals surface area contributed by atoms with E-state index in [4.69, 9.17) is 4.42 Å². The molecule has 0 spiro atoms. The minimum absolute atomic E-state index is 0.254. The molecule has 0 bridgehead atoms. The molecule has 0 aliphatic rings. The number of aryl methyl sites for hydroxylation is 1. The molecule has 22 heavy (non-hydrogen) atoms. The van der Waals surface area contributed by atoms with Crippen LogP contribution in [0.25, 0.3) is 0 Å². The Bertz CT molecular complexity index is 768. The zero-order valence-electron chi connectivity index (χ0n) is 13.8. The van der Waals surface area contributed by atoms with Gasteiger partial charge in [0.15, 0.2) is 0 Å². The summed E-state index contributed by atoms with van der Waals surface area (Å²) in [6, 6.07) is 5.66. The summed E-state index contributed by atoms with van der Waals surface area (Å²) in [5.74, 6) is 1.75. The second-order valence-corrected chi connectivity index (χ2v) is 5.89. The number of furan rings is 1. The van der Waals surface area contributed by atoms with Crippen molar-refractivity contribution >= 4 is 0 Å². The maximum Gasteiger partial charge on any atom is 0.330 e. The average Bonchev–Trinajstić information content (AvgIpc) is 2.86. The highest BCUT2D eigenvalue weighted by molar-refractivity contribution is 5.07. The molecule has 0 atom stereocenters. The Hall–Kier alpha value is -2.08. The second kappa shape index (κ2) is 6.36. The Morgan fingerprint density at radius 2 is 1.82 bits per heavy atom. The van der Waals surface area contributed by atoms with Crippen LogP contribution in [0.5, 0.6) is 0 Å². The van der Waals surface area contributed by atoms with E-state index in [2.05, 4.69) is 18.7 Å². The lowest BCUT2D eigenvalue weighted by Crippen LogP contribution is -2.40. The molecule has 0 saturated heterocycles. The van der Waals surface area contributed by atoms with E-state index in [1.807, 2.05) is 19.1 Å². The summed E-state index contributed by atoms with van der Waals surface area (Å²) in [6.07, 6.45) is 0. The fourth-order valence-corrected chi connectivity index (χ4v) is 2.33. The molecule has 2 aromatic rings.